The van der Waals surface area contributed by atoms with E-state index in [1.54, 1.807) is 0 Å². The zero-order chi connectivity index (χ0) is 26.9. The smallest absolute Gasteiger partial charge is 0.308 e. The maximum atomic E-state index is 12.6. The van der Waals surface area contributed by atoms with Crippen LogP contribution in [0, 0.1) is 12.3 Å². The highest BCUT2D eigenvalue weighted by Crippen LogP contribution is 2.32. The molecule has 0 aliphatic carbocycles. The van der Waals surface area contributed by atoms with Gasteiger partial charge in [-0.05, 0) is 25.7 Å². The second kappa shape index (κ2) is 17.8. The van der Waals surface area contributed by atoms with Gasteiger partial charge >= 0.3 is 23.9 Å². The fourth-order valence-electron chi connectivity index (χ4n) is 3.54. The van der Waals surface area contributed by atoms with Crippen LogP contribution in [-0.4, -0.2) is 54.6 Å². The van der Waals surface area contributed by atoms with Crippen molar-refractivity contribution in [1.82, 2.24) is 0 Å². The molecule has 1 aliphatic rings. The minimum absolute atomic E-state index is 0.133. The molecule has 0 bridgehead atoms. The summed E-state index contributed by atoms with van der Waals surface area (Å²) in [6.07, 6.45) is 5.51. The lowest BCUT2D eigenvalue weighted by atomic mass is 10.0. The van der Waals surface area contributed by atoms with Crippen LogP contribution in [0.5, 0.6) is 0 Å². The highest BCUT2D eigenvalue weighted by atomic mass is 16.8. The summed E-state index contributed by atoms with van der Waals surface area (Å²) in [7, 11) is 0. The number of ether oxygens (including phenoxy) is 5. The van der Waals surface area contributed by atoms with Gasteiger partial charge in [-0.2, -0.15) is 0 Å². The predicted molar refractivity (Wildman–Crippen MR) is 131 cm³/mol. The number of hydrogen-bond donors (Lipinski definition) is 0. The molecule has 1 unspecified atom stereocenters. The Morgan fingerprint density at radius 3 is 1.56 bits per heavy atom. The molecule has 0 amide bonds. The summed E-state index contributed by atoms with van der Waals surface area (Å²) in [6, 6.07) is 0. The molecule has 1 fully saturated rings. The van der Waals surface area contributed by atoms with Crippen molar-refractivity contribution in [3.63, 3.8) is 0 Å². The first-order valence-corrected chi connectivity index (χ1v) is 13.2. The van der Waals surface area contributed by atoms with E-state index in [9.17, 15) is 19.2 Å². The molecule has 9 heteroatoms. The minimum Gasteiger partial charge on any atom is -0.455 e. The molecule has 5 atom stereocenters. The van der Waals surface area contributed by atoms with Crippen molar-refractivity contribution >= 4 is 23.9 Å². The normalized spacial score (nSPS) is 21.8. The molecule has 0 radical (unpaired) electrons. The van der Waals surface area contributed by atoms with Gasteiger partial charge in [0.1, 0.15) is 0 Å². The molecule has 0 aromatic heterocycles. The van der Waals surface area contributed by atoms with E-state index in [0.29, 0.717) is 25.7 Å². The summed E-state index contributed by atoms with van der Waals surface area (Å²) in [5, 5.41) is 0. The molecule has 0 aromatic rings. The summed E-state index contributed by atoms with van der Waals surface area (Å²) < 4.78 is 28.1. The van der Waals surface area contributed by atoms with Crippen molar-refractivity contribution in [2.45, 2.75) is 135 Å². The van der Waals surface area contributed by atoms with Crippen LogP contribution in [0.2, 0.25) is 0 Å². The second-order valence-electron chi connectivity index (χ2n) is 8.86. The number of unbranched alkanes of at least 4 members (excludes halogenated alkanes) is 4. The van der Waals surface area contributed by atoms with Gasteiger partial charge in [0.05, 0.1) is 0 Å². The van der Waals surface area contributed by atoms with Crippen molar-refractivity contribution < 1.29 is 42.9 Å². The van der Waals surface area contributed by atoms with E-state index in [4.69, 9.17) is 30.1 Å². The lowest BCUT2D eigenvalue weighted by Gasteiger charge is -2.26. The molecule has 0 N–H and O–H groups in total. The Balaban J connectivity index is 3.24. The number of esters is 4. The van der Waals surface area contributed by atoms with Crippen molar-refractivity contribution in [2.24, 2.45) is 0 Å². The average Bonchev–Trinajstić information content (AvgIpc) is 3.17. The monoisotopic (exact) mass is 510 g/mol. The molecule has 9 nitrogen and oxygen atoms in total. The first-order chi connectivity index (χ1) is 17.3. The number of hydrogen-bond acceptors (Lipinski definition) is 9. The summed E-state index contributed by atoms with van der Waals surface area (Å²) in [6.45, 7) is 7.74. The van der Waals surface area contributed by atoms with Crippen LogP contribution >= 0.6 is 0 Å². The fraction of sp³-hybridized carbons (Fsp3) is 0.778. The van der Waals surface area contributed by atoms with Gasteiger partial charge in [-0.15, -0.1) is 6.42 Å². The maximum absolute atomic E-state index is 12.6. The molecular formula is C27H42O9. The summed E-state index contributed by atoms with van der Waals surface area (Å²) in [5.41, 5.74) is 0. The van der Waals surface area contributed by atoms with Crippen molar-refractivity contribution in [3.05, 3.63) is 0 Å². The average molecular weight is 511 g/mol. The molecule has 36 heavy (non-hydrogen) atoms. The Morgan fingerprint density at radius 1 is 0.694 bits per heavy atom. The van der Waals surface area contributed by atoms with E-state index in [1.165, 1.54) is 0 Å². The number of terminal acetylenes is 1. The molecule has 1 saturated heterocycles. The molecule has 204 valence electrons. The largest absolute Gasteiger partial charge is 0.455 e. The molecule has 1 rings (SSSR count). The first kappa shape index (κ1) is 31.4. The summed E-state index contributed by atoms with van der Waals surface area (Å²) >= 11 is 0. The van der Waals surface area contributed by atoms with Gasteiger partial charge in [-0.25, -0.2) is 0 Å². The highest BCUT2D eigenvalue weighted by Gasteiger charge is 2.55. The van der Waals surface area contributed by atoms with Gasteiger partial charge < -0.3 is 23.7 Å². The second-order valence-corrected chi connectivity index (χ2v) is 8.86. The summed E-state index contributed by atoms with van der Waals surface area (Å²) in [4.78, 5) is 49.8. The molecule has 0 spiro atoms. The fourth-order valence-corrected chi connectivity index (χ4v) is 3.54. The Labute approximate surface area is 214 Å². The van der Waals surface area contributed by atoms with Gasteiger partial charge in [-0.3, -0.25) is 19.2 Å². The third-order valence-corrected chi connectivity index (χ3v) is 5.65. The summed E-state index contributed by atoms with van der Waals surface area (Å²) in [5.74, 6) is 0.201. The van der Waals surface area contributed by atoms with E-state index in [0.717, 1.165) is 25.7 Å². The minimum atomic E-state index is -1.36. The Hall–Kier alpha value is -2.60. The first-order valence-electron chi connectivity index (χ1n) is 13.2. The van der Waals surface area contributed by atoms with Crippen molar-refractivity contribution in [1.29, 1.82) is 0 Å². The standard InChI is InChI=1S/C27H42O9/c1-6-11-15-20(28)32-19(10-5)24-25(33-21(29)16-12-7-2)26(34-22(30)17-13-8-3)27(36-24)35-23(31)18-14-9-4/h5,19,24-27H,6-9,11-18H2,1-4H3/t19?,24-,25-,26+,27-/m1/s1. The Morgan fingerprint density at radius 2 is 1.11 bits per heavy atom. The van der Waals surface area contributed by atoms with E-state index < -0.39 is 54.6 Å². The van der Waals surface area contributed by atoms with Gasteiger partial charge in [0.2, 0.25) is 12.4 Å². The van der Waals surface area contributed by atoms with E-state index in [-0.39, 0.29) is 25.7 Å². The molecular weight excluding hydrogens is 468 g/mol. The van der Waals surface area contributed by atoms with Gasteiger partial charge in [0, 0.05) is 25.7 Å². The van der Waals surface area contributed by atoms with Crippen LogP contribution < -0.4 is 0 Å². The number of carbonyl (C=O) groups is 4. The van der Waals surface area contributed by atoms with Crippen LogP contribution in [0.25, 0.3) is 0 Å². The lowest BCUT2D eigenvalue weighted by Crippen LogP contribution is -2.45. The predicted octanol–water partition coefficient (Wildman–Crippen LogP) is 4.38. The van der Waals surface area contributed by atoms with E-state index in [2.05, 4.69) is 5.92 Å². The van der Waals surface area contributed by atoms with Crippen LogP contribution in [0.3, 0.4) is 0 Å². The van der Waals surface area contributed by atoms with Crippen LogP contribution in [0.15, 0.2) is 0 Å². The quantitative estimate of drug-likeness (QED) is 0.160. The molecule has 0 aromatic carbocycles. The third-order valence-electron chi connectivity index (χ3n) is 5.65. The Kier molecular flexibility index (Phi) is 15.5. The Bertz CT molecular complexity index is 742. The number of rotatable bonds is 17. The van der Waals surface area contributed by atoms with Crippen molar-refractivity contribution in [2.75, 3.05) is 0 Å². The van der Waals surface area contributed by atoms with Gasteiger partial charge in [-0.1, -0.05) is 59.3 Å². The zero-order valence-corrected chi connectivity index (χ0v) is 22.1. The zero-order valence-electron chi connectivity index (χ0n) is 22.1. The van der Waals surface area contributed by atoms with E-state index >= 15 is 0 Å². The van der Waals surface area contributed by atoms with Gasteiger partial charge in [0.25, 0.3) is 0 Å². The van der Waals surface area contributed by atoms with Crippen LogP contribution in [0.1, 0.15) is 105 Å². The topological polar surface area (TPSA) is 114 Å². The third kappa shape index (κ3) is 11.0. The molecule has 1 aliphatic heterocycles. The van der Waals surface area contributed by atoms with Crippen LogP contribution in [-0.2, 0) is 42.9 Å². The molecule has 0 saturated carbocycles. The van der Waals surface area contributed by atoms with Gasteiger partial charge in [0.15, 0.2) is 18.3 Å². The number of carbonyl (C=O) groups excluding carboxylic acids is 4. The highest BCUT2D eigenvalue weighted by molar-refractivity contribution is 5.72. The maximum Gasteiger partial charge on any atom is 0.308 e. The van der Waals surface area contributed by atoms with Crippen LogP contribution in [0.4, 0.5) is 0 Å². The SMILES string of the molecule is C#CC(OC(=O)CCCC)[C@H]1O[C@@H](OC(=O)CCCC)[C@@H](OC(=O)CCCC)[C@@H]1OC(=O)CCCC. The molecule has 1 heterocycles. The van der Waals surface area contributed by atoms with Crippen molar-refractivity contribution in [3.8, 4) is 12.3 Å². The van der Waals surface area contributed by atoms with E-state index in [1.807, 2.05) is 27.7 Å². The lowest BCUT2D eigenvalue weighted by molar-refractivity contribution is -0.201.